The van der Waals surface area contributed by atoms with Crippen LogP contribution in [-0.4, -0.2) is 35.8 Å². The average molecular weight is 356 g/mol. The van der Waals surface area contributed by atoms with Crippen molar-refractivity contribution in [3.8, 4) is 5.75 Å². The van der Waals surface area contributed by atoms with Crippen molar-refractivity contribution in [1.29, 1.82) is 0 Å². The van der Waals surface area contributed by atoms with E-state index in [1.54, 1.807) is 6.07 Å². The molecular weight excluding hydrogens is 334 g/mol. The van der Waals surface area contributed by atoms with Crippen LogP contribution in [0.2, 0.25) is 0 Å². The van der Waals surface area contributed by atoms with E-state index in [0.29, 0.717) is 18.8 Å². The van der Waals surface area contributed by atoms with E-state index < -0.39 is 28.6 Å². The Bertz CT molecular complexity index is 660. The molecule has 0 amide bonds. The van der Waals surface area contributed by atoms with E-state index >= 15 is 0 Å². The molecule has 0 N–H and O–H groups in total. The number of rotatable bonds is 4. The lowest BCUT2D eigenvalue weighted by Gasteiger charge is -2.49. The van der Waals surface area contributed by atoms with E-state index in [0.717, 1.165) is 25.7 Å². The Balaban J connectivity index is 1.93. The number of hydrogen-bond acceptors (Lipinski definition) is 5. The number of anilines is 1. The Labute approximate surface area is 144 Å². The van der Waals surface area contributed by atoms with Gasteiger partial charge >= 0.3 is 12.3 Å². The van der Waals surface area contributed by atoms with Crippen LogP contribution in [0.25, 0.3) is 0 Å². The van der Waals surface area contributed by atoms with E-state index in [4.69, 9.17) is 4.74 Å². The molecule has 2 fully saturated rings. The second-order valence-corrected chi connectivity index (χ2v) is 7.40. The van der Waals surface area contributed by atoms with Gasteiger partial charge in [0.1, 0.15) is 0 Å². The van der Waals surface area contributed by atoms with Gasteiger partial charge in [0.15, 0.2) is 0 Å². The maximum absolute atomic E-state index is 12.6. The second kappa shape index (κ2) is 6.40. The third kappa shape index (κ3) is 3.84. The summed E-state index contributed by atoms with van der Waals surface area (Å²) in [5, 5.41) is 11.0. The largest absolute Gasteiger partial charge is 0.427 e. The van der Waals surface area contributed by atoms with Crippen LogP contribution >= 0.6 is 0 Å². The Hall–Kier alpha value is -1.96. The van der Waals surface area contributed by atoms with Gasteiger partial charge in [0.25, 0.3) is 0 Å². The van der Waals surface area contributed by atoms with Gasteiger partial charge in [-0.2, -0.15) is 8.78 Å². The van der Waals surface area contributed by atoms with Crippen molar-refractivity contribution in [2.24, 2.45) is 0 Å². The predicted molar refractivity (Wildman–Crippen MR) is 88.3 cm³/mol. The molecule has 1 aliphatic carbocycles. The van der Waals surface area contributed by atoms with Crippen LogP contribution in [0.15, 0.2) is 18.2 Å². The third-order valence-corrected chi connectivity index (χ3v) is 4.78. The number of nitro benzene ring substituents is 1. The van der Waals surface area contributed by atoms with Crippen molar-refractivity contribution >= 4 is 11.4 Å². The van der Waals surface area contributed by atoms with Gasteiger partial charge in [-0.25, -0.2) is 0 Å². The van der Waals surface area contributed by atoms with Crippen molar-refractivity contribution in [3.63, 3.8) is 0 Å². The molecule has 8 heteroatoms. The minimum absolute atomic E-state index is 0.243. The Morgan fingerprint density at radius 2 is 1.96 bits per heavy atom. The number of hydrogen-bond donors (Lipinski definition) is 0. The molecule has 0 aromatic heterocycles. The Morgan fingerprint density at radius 3 is 2.56 bits per heavy atom. The first kappa shape index (κ1) is 17.8. The molecule has 138 valence electrons. The summed E-state index contributed by atoms with van der Waals surface area (Å²) in [6.45, 7) is 2.10. The fourth-order valence-electron chi connectivity index (χ4n) is 4.02. The van der Waals surface area contributed by atoms with Gasteiger partial charge < -0.3 is 14.4 Å². The number of nitro groups is 1. The lowest BCUT2D eigenvalue weighted by atomic mass is 9.93. The summed E-state index contributed by atoms with van der Waals surface area (Å²) in [4.78, 5) is 12.4. The fourth-order valence-corrected chi connectivity index (χ4v) is 4.02. The summed E-state index contributed by atoms with van der Waals surface area (Å²) in [6.07, 6.45) is 4.12. The zero-order valence-electron chi connectivity index (χ0n) is 14.3. The normalized spacial score (nSPS) is 21.7. The maximum atomic E-state index is 12.6. The summed E-state index contributed by atoms with van der Waals surface area (Å²) in [5.74, 6) is -0.415. The van der Waals surface area contributed by atoms with Gasteiger partial charge in [0.05, 0.1) is 16.1 Å². The third-order valence-electron chi connectivity index (χ3n) is 4.78. The molecular formula is C17H22F2N2O4. The minimum Gasteiger partial charge on any atom is -0.427 e. The first-order chi connectivity index (χ1) is 11.7. The van der Waals surface area contributed by atoms with Crippen LogP contribution in [0.4, 0.5) is 20.2 Å². The first-order valence-corrected chi connectivity index (χ1v) is 8.38. The van der Waals surface area contributed by atoms with Gasteiger partial charge in [-0.05, 0) is 32.8 Å². The molecule has 1 heterocycles. The molecule has 2 aliphatic rings. The molecule has 0 radical (unpaired) electrons. The van der Waals surface area contributed by atoms with E-state index in [1.165, 1.54) is 12.1 Å². The van der Waals surface area contributed by atoms with Crippen molar-refractivity contribution in [2.45, 2.75) is 57.3 Å². The van der Waals surface area contributed by atoms with Crippen LogP contribution in [0.5, 0.6) is 5.75 Å². The zero-order valence-corrected chi connectivity index (χ0v) is 14.3. The topological polar surface area (TPSA) is 64.8 Å². The summed E-state index contributed by atoms with van der Waals surface area (Å²) >= 11 is 0. The van der Waals surface area contributed by atoms with Gasteiger partial charge in [0, 0.05) is 30.9 Å². The molecule has 1 aliphatic heterocycles. The van der Waals surface area contributed by atoms with E-state index in [2.05, 4.69) is 9.64 Å². The van der Waals surface area contributed by atoms with E-state index in [9.17, 15) is 18.9 Å². The summed E-state index contributed by atoms with van der Waals surface area (Å²) < 4.78 is 35.9. The van der Waals surface area contributed by atoms with E-state index in [-0.39, 0.29) is 5.60 Å². The van der Waals surface area contributed by atoms with E-state index in [1.807, 2.05) is 13.8 Å². The summed E-state index contributed by atoms with van der Waals surface area (Å²) in [5.41, 5.74) is -0.475. The number of alkyl halides is 2. The molecule has 3 rings (SSSR count). The number of nitrogens with zero attached hydrogens (tertiary/aromatic N) is 2. The first-order valence-electron chi connectivity index (χ1n) is 8.38. The van der Waals surface area contributed by atoms with Gasteiger partial charge in [0.2, 0.25) is 5.75 Å². The monoisotopic (exact) mass is 356 g/mol. The minimum atomic E-state index is -3.11. The van der Waals surface area contributed by atoms with Gasteiger partial charge in [-0.1, -0.05) is 12.8 Å². The Kier molecular flexibility index (Phi) is 4.57. The second-order valence-electron chi connectivity index (χ2n) is 7.40. The molecule has 0 unspecified atom stereocenters. The molecule has 1 saturated heterocycles. The molecule has 6 nitrogen and oxygen atoms in total. The smallest absolute Gasteiger partial charge is 0.387 e. The lowest BCUT2D eigenvalue weighted by molar-refractivity contribution is -0.386. The standard InChI is InChI=1S/C17H22F2N2O4/c1-16(2)10-20(11-17(25-16)7-3-4-8-17)12-5-6-13(21(22)23)14(9-12)24-15(18)19/h5-6,9,15H,3-4,7-8,10-11H2,1-2H3. The highest BCUT2D eigenvalue weighted by Gasteiger charge is 2.46. The van der Waals surface area contributed by atoms with Crippen molar-refractivity contribution in [3.05, 3.63) is 28.3 Å². The number of ether oxygens (including phenoxy) is 2. The highest BCUT2D eigenvalue weighted by atomic mass is 19.3. The zero-order chi connectivity index (χ0) is 18.2. The number of morpholine rings is 1. The van der Waals surface area contributed by atoms with Crippen molar-refractivity contribution in [1.82, 2.24) is 0 Å². The van der Waals surface area contributed by atoms with Crippen LogP contribution in [0.1, 0.15) is 39.5 Å². The SMILES string of the molecule is CC1(C)CN(c2ccc([N+](=O)[O-])c(OC(F)F)c2)CC2(CCCC2)O1. The molecule has 1 spiro atoms. The molecule has 0 atom stereocenters. The maximum Gasteiger partial charge on any atom is 0.387 e. The molecule has 1 saturated carbocycles. The van der Waals surface area contributed by atoms with Crippen molar-refractivity contribution in [2.75, 3.05) is 18.0 Å². The highest BCUT2D eigenvalue weighted by molar-refractivity contribution is 5.60. The molecule has 25 heavy (non-hydrogen) atoms. The lowest BCUT2D eigenvalue weighted by Crippen LogP contribution is -2.58. The molecule has 1 aromatic rings. The van der Waals surface area contributed by atoms with Crippen LogP contribution < -0.4 is 9.64 Å². The Morgan fingerprint density at radius 1 is 1.28 bits per heavy atom. The number of halogens is 2. The van der Waals surface area contributed by atoms with Crippen LogP contribution in [-0.2, 0) is 4.74 Å². The highest BCUT2D eigenvalue weighted by Crippen LogP contribution is 2.43. The number of benzene rings is 1. The quantitative estimate of drug-likeness (QED) is 0.600. The fraction of sp³-hybridized carbons (Fsp3) is 0.647. The van der Waals surface area contributed by atoms with Gasteiger partial charge in [-0.15, -0.1) is 0 Å². The molecule has 0 bridgehead atoms. The summed E-state index contributed by atoms with van der Waals surface area (Å²) in [6, 6.07) is 4.13. The van der Waals surface area contributed by atoms with Crippen LogP contribution in [0, 0.1) is 10.1 Å². The van der Waals surface area contributed by atoms with Gasteiger partial charge in [-0.3, -0.25) is 10.1 Å². The summed E-state index contributed by atoms with van der Waals surface area (Å²) in [7, 11) is 0. The average Bonchev–Trinajstić information content (AvgIpc) is 2.91. The van der Waals surface area contributed by atoms with Crippen LogP contribution in [0.3, 0.4) is 0 Å². The predicted octanol–water partition coefficient (Wildman–Crippen LogP) is 4.12. The van der Waals surface area contributed by atoms with Crippen molar-refractivity contribution < 1.29 is 23.2 Å². The molecule has 1 aromatic carbocycles.